The summed E-state index contributed by atoms with van der Waals surface area (Å²) in [5.74, 6) is 1.02. The van der Waals surface area contributed by atoms with Gasteiger partial charge in [-0.15, -0.1) is 0 Å². The number of nitrogens with zero attached hydrogens (tertiary/aromatic N) is 6. The summed E-state index contributed by atoms with van der Waals surface area (Å²) in [5, 5.41) is 23.3. The van der Waals surface area contributed by atoms with Crippen LogP contribution in [0.3, 0.4) is 0 Å². The first kappa shape index (κ1) is 28.2. The highest BCUT2D eigenvalue weighted by Gasteiger charge is 2.29. The lowest BCUT2D eigenvalue weighted by atomic mass is 10.0. The van der Waals surface area contributed by atoms with Gasteiger partial charge in [0.25, 0.3) is 0 Å². The third kappa shape index (κ3) is 6.15. The molecule has 2 aromatic carbocycles. The molecule has 10 nitrogen and oxygen atoms in total. The van der Waals surface area contributed by atoms with E-state index in [0.717, 1.165) is 59.6 Å². The number of phenolic OH excluding ortho intramolecular Hbond substituents is 1. The van der Waals surface area contributed by atoms with Gasteiger partial charge in [-0.05, 0) is 49.9 Å². The summed E-state index contributed by atoms with van der Waals surface area (Å²) in [6.45, 7) is 10.1. The highest BCUT2D eigenvalue weighted by atomic mass is 16.5. The van der Waals surface area contributed by atoms with Gasteiger partial charge in [-0.2, -0.15) is 9.97 Å². The van der Waals surface area contributed by atoms with Crippen molar-refractivity contribution in [3.05, 3.63) is 60.3 Å². The number of hydrogen-bond donors (Lipinski definition) is 2. The standard InChI is InChI=1S/C32H40N6O4/c1-2-30(41)36-14-16-37(17-15-36)31-27-10-13-38(29-19-24(39)18-23-8-4-5-9-26(23)29)21-28(27)33-32(34-31)42-22-25(40)20-35-11-6-3-7-12-35/h2,4-5,8-9,18-19,25,39-40H,1,3,6-7,10-17,20-22H2/t25-/m0/s1. The number of phenols is 1. The molecule has 1 amide bonds. The summed E-state index contributed by atoms with van der Waals surface area (Å²) in [6, 6.07) is 11.9. The van der Waals surface area contributed by atoms with Crippen LogP contribution in [0, 0.1) is 0 Å². The number of ether oxygens (including phenoxy) is 1. The number of amides is 1. The number of β-amino-alcohol motifs (C(OH)–C–C–N with tert-alkyl or cyclic N) is 1. The first-order valence-corrected chi connectivity index (χ1v) is 15.0. The number of aliphatic hydroxyl groups is 1. The number of aromatic hydroxyl groups is 1. The molecular formula is C32H40N6O4. The number of piperazine rings is 1. The van der Waals surface area contributed by atoms with E-state index in [9.17, 15) is 15.0 Å². The van der Waals surface area contributed by atoms with Crippen LogP contribution in [0.2, 0.25) is 0 Å². The molecule has 10 heteroatoms. The van der Waals surface area contributed by atoms with Gasteiger partial charge >= 0.3 is 6.01 Å². The number of anilines is 2. The molecule has 0 radical (unpaired) electrons. The molecule has 2 fully saturated rings. The van der Waals surface area contributed by atoms with Crippen LogP contribution in [0.1, 0.15) is 30.5 Å². The molecule has 2 saturated heterocycles. The minimum Gasteiger partial charge on any atom is -0.508 e. The van der Waals surface area contributed by atoms with Crippen LogP contribution in [0.4, 0.5) is 11.5 Å². The van der Waals surface area contributed by atoms with E-state index in [0.29, 0.717) is 39.3 Å². The predicted octanol–water partition coefficient (Wildman–Crippen LogP) is 2.96. The molecule has 42 heavy (non-hydrogen) atoms. The van der Waals surface area contributed by atoms with E-state index in [2.05, 4.69) is 27.3 Å². The van der Waals surface area contributed by atoms with Crippen molar-refractivity contribution in [1.29, 1.82) is 0 Å². The second kappa shape index (κ2) is 12.5. The van der Waals surface area contributed by atoms with E-state index in [1.54, 1.807) is 11.0 Å². The van der Waals surface area contributed by atoms with Crippen LogP contribution in [-0.2, 0) is 17.8 Å². The lowest BCUT2D eigenvalue weighted by Gasteiger charge is -2.38. The van der Waals surface area contributed by atoms with Crippen molar-refractivity contribution in [3.63, 3.8) is 0 Å². The van der Waals surface area contributed by atoms with Gasteiger partial charge in [0.05, 0.1) is 12.2 Å². The van der Waals surface area contributed by atoms with Crippen molar-refractivity contribution in [2.24, 2.45) is 0 Å². The van der Waals surface area contributed by atoms with E-state index in [4.69, 9.17) is 14.7 Å². The number of hydrogen-bond acceptors (Lipinski definition) is 9. The molecular weight excluding hydrogens is 532 g/mol. The zero-order valence-electron chi connectivity index (χ0n) is 24.1. The van der Waals surface area contributed by atoms with E-state index in [1.165, 1.54) is 25.3 Å². The first-order chi connectivity index (χ1) is 20.5. The molecule has 1 aromatic heterocycles. The second-order valence-electron chi connectivity index (χ2n) is 11.5. The van der Waals surface area contributed by atoms with Crippen LogP contribution >= 0.6 is 0 Å². The number of aliphatic hydroxyl groups excluding tert-OH is 1. The highest BCUT2D eigenvalue weighted by Crippen LogP contribution is 2.36. The monoisotopic (exact) mass is 572 g/mol. The van der Waals surface area contributed by atoms with Gasteiger partial charge in [0.1, 0.15) is 24.3 Å². The SMILES string of the molecule is C=CC(=O)N1CCN(c2nc(OC[C@@H](O)CN3CCCCC3)nc3c2CCN(c2cc(O)cc4ccccc24)C3)CC1. The maximum absolute atomic E-state index is 12.2. The van der Waals surface area contributed by atoms with Crippen molar-refractivity contribution in [2.45, 2.75) is 38.3 Å². The van der Waals surface area contributed by atoms with Gasteiger partial charge in [0.2, 0.25) is 5.91 Å². The van der Waals surface area contributed by atoms with Gasteiger partial charge in [-0.1, -0.05) is 37.3 Å². The van der Waals surface area contributed by atoms with Gasteiger partial charge in [-0.25, -0.2) is 0 Å². The highest BCUT2D eigenvalue weighted by molar-refractivity contribution is 5.95. The molecule has 0 unspecified atom stereocenters. The number of carbonyl (C=O) groups is 1. The molecule has 0 bridgehead atoms. The topological polar surface area (TPSA) is 106 Å². The number of rotatable bonds is 8. The molecule has 3 aliphatic heterocycles. The van der Waals surface area contributed by atoms with E-state index >= 15 is 0 Å². The number of carbonyl (C=O) groups excluding carboxylic acids is 1. The Morgan fingerprint density at radius 2 is 1.79 bits per heavy atom. The van der Waals surface area contributed by atoms with E-state index in [1.807, 2.05) is 24.3 Å². The Morgan fingerprint density at radius 3 is 2.57 bits per heavy atom. The fourth-order valence-corrected chi connectivity index (χ4v) is 6.39. The molecule has 1 atom stereocenters. The summed E-state index contributed by atoms with van der Waals surface area (Å²) in [6.07, 6.45) is 5.06. The first-order valence-electron chi connectivity index (χ1n) is 15.0. The molecule has 222 valence electrons. The largest absolute Gasteiger partial charge is 0.508 e. The Kier molecular flexibility index (Phi) is 8.43. The van der Waals surface area contributed by atoms with E-state index < -0.39 is 6.10 Å². The van der Waals surface area contributed by atoms with Crippen molar-refractivity contribution in [1.82, 2.24) is 19.8 Å². The van der Waals surface area contributed by atoms with Crippen LogP contribution in [0.5, 0.6) is 11.8 Å². The average molecular weight is 573 g/mol. The molecule has 0 saturated carbocycles. The quantitative estimate of drug-likeness (QED) is 0.394. The third-order valence-corrected chi connectivity index (χ3v) is 8.58. The molecule has 6 rings (SSSR count). The predicted molar refractivity (Wildman–Crippen MR) is 163 cm³/mol. The number of piperidine rings is 1. The lowest BCUT2D eigenvalue weighted by molar-refractivity contribution is -0.126. The van der Waals surface area contributed by atoms with Gasteiger partial charge in [0.15, 0.2) is 0 Å². The van der Waals surface area contributed by atoms with Gasteiger partial charge in [-0.3, -0.25) is 4.79 Å². The second-order valence-corrected chi connectivity index (χ2v) is 11.5. The van der Waals surface area contributed by atoms with Crippen LogP contribution in [0.15, 0.2) is 49.1 Å². The minimum absolute atomic E-state index is 0.0555. The smallest absolute Gasteiger partial charge is 0.318 e. The Labute approximate surface area is 246 Å². The number of fused-ring (bicyclic) bond motifs is 2. The molecule has 3 aromatic rings. The number of likely N-dealkylation sites (tertiary alicyclic amines) is 1. The molecule has 3 aliphatic rings. The van der Waals surface area contributed by atoms with Crippen molar-refractivity contribution < 1.29 is 19.7 Å². The van der Waals surface area contributed by atoms with Crippen molar-refractivity contribution in [2.75, 3.05) is 68.8 Å². The van der Waals surface area contributed by atoms with Gasteiger partial charge < -0.3 is 34.5 Å². The summed E-state index contributed by atoms with van der Waals surface area (Å²) in [4.78, 5) is 30.4. The zero-order valence-corrected chi connectivity index (χ0v) is 24.1. The molecule has 2 N–H and O–H groups in total. The van der Waals surface area contributed by atoms with Crippen molar-refractivity contribution in [3.8, 4) is 11.8 Å². The summed E-state index contributed by atoms with van der Waals surface area (Å²) < 4.78 is 6.05. The molecule has 0 aliphatic carbocycles. The minimum atomic E-state index is -0.630. The van der Waals surface area contributed by atoms with Crippen LogP contribution in [0.25, 0.3) is 10.8 Å². The maximum Gasteiger partial charge on any atom is 0.318 e. The normalized spacial score (nSPS) is 18.5. The Balaban J connectivity index is 1.26. The lowest BCUT2D eigenvalue weighted by Crippen LogP contribution is -2.49. The maximum atomic E-state index is 12.2. The van der Waals surface area contributed by atoms with E-state index in [-0.39, 0.29) is 24.3 Å². The average Bonchev–Trinajstić information content (AvgIpc) is 3.03. The van der Waals surface area contributed by atoms with Crippen LogP contribution < -0.4 is 14.5 Å². The fraction of sp³-hybridized carbons (Fsp3) is 0.469. The molecule has 4 heterocycles. The summed E-state index contributed by atoms with van der Waals surface area (Å²) in [7, 11) is 0. The van der Waals surface area contributed by atoms with Gasteiger partial charge in [0, 0.05) is 62.0 Å². The summed E-state index contributed by atoms with van der Waals surface area (Å²) in [5.41, 5.74) is 2.93. The van der Waals surface area contributed by atoms with Crippen molar-refractivity contribution >= 4 is 28.2 Å². The van der Waals surface area contributed by atoms with Crippen LogP contribution in [-0.4, -0.2) is 101 Å². The Hall–Kier alpha value is -3.89. The molecule has 0 spiro atoms. The Morgan fingerprint density at radius 1 is 1.00 bits per heavy atom. The number of benzene rings is 2. The number of aromatic nitrogens is 2. The fourth-order valence-electron chi connectivity index (χ4n) is 6.39. The third-order valence-electron chi connectivity index (χ3n) is 8.58. The zero-order chi connectivity index (χ0) is 29.1. The summed E-state index contributed by atoms with van der Waals surface area (Å²) >= 11 is 0. The Bertz CT molecular complexity index is 1430.